The van der Waals surface area contributed by atoms with Crippen molar-refractivity contribution in [1.82, 2.24) is 0 Å². The number of hydrogen-bond acceptors (Lipinski definition) is 3. The molecule has 0 aromatic carbocycles. The number of rotatable bonds is 5. The van der Waals surface area contributed by atoms with Crippen molar-refractivity contribution in [2.75, 3.05) is 0 Å². The number of carbonyl (C=O) groups is 1. The van der Waals surface area contributed by atoms with Crippen LogP contribution in [0, 0.1) is 0 Å². The molecule has 0 bridgehead atoms. The van der Waals surface area contributed by atoms with Crippen molar-refractivity contribution in [2.24, 2.45) is 0 Å². The minimum absolute atomic E-state index is 0.0600. The van der Waals surface area contributed by atoms with Crippen LogP contribution in [0.1, 0.15) is 26.7 Å². The Balaban J connectivity index is 3.67. The second-order valence-corrected chi connectivity index (χ2v) is 2.89. The summed E-state index contributed by atoms with van der Waals surface area (Å²) in [5.41, 5.74) is 0. The summed E-state index contributed by atoms with van der Waals surface area (Å²) < 4.78 is 0. The fraction of sp³-hybridized carbons (Fsp3) is 0.667. The zero-order valence-electron chi connectivity index (χ0n) is 7.53. The van der Waals surface area contributed by atoms with E-state index in [0.29, 0.717) is 0 Å². The minimum atomic E-state index is -0.728. The molecule has 2 atom stereocenters. The van der Waals surface area contributed by atoms with E-state index < -0.39 is 12.2 Å². The summed E-state index contributed by atoms with van der Waals surface area (Å²) in [6, 6.07) is 0. The highest BCUT2D eigenvalue weighted by atomic mass is 16.3. The average molecular weight is 172 g/mol. The molecule has 0 aromatic rings. The maximum absolute atomic E-state index is 10.5. The van der Waals surface area contributed by atoms with Crippen molar-refractivity contribution >= 4 is 5.78 Å². The second-order valence-electron chi connectivity index (χ2n) is 2.89. The van der Waals surface area contributed by atoms with Gasteiger partial charge in [0.2, 0.25) is 0 Å². The third kappa shape index (κ3) is 6.07. The van der Waals surface area contributed by atoms with Gasteiger partial charge < -0.3 is 10.2 Å². The number of carbonyl (C=O) groups excluding carboxylic acids is 1. The molecule has 0 aromatic heterocycles. The fourth-order valence-electron chi connectivity index (χ4n) is 0.995. The smallest absolute Gasteiger partial charge is 0.132 e. The van der Waals surface area contributed by atoms with Crippen molar-refractivity contribution in [3.8, 4) is 0 Å². The quantitative estimate of drug-likeness (QED) is 0.599. The van der Waals surface area contributed by atoms with Gasteiger partial charge in [0, 0.05) is 12.8 Å². The first-order valence-corrected chi connectivity index (χ1v) is 4.04. The molecule has 0 aliphatic carbocycles. The van der Waals surface area contributed by atoms with Crippen LogP contribution in [0.15, 0.2) is 12.2 Å². The first kappa shape index (κ1) is 11.3. The van der Waals surface area contributed by atoms with Crippen molar-refractivity contribution in [3.63, 3.8) is 0 Å². The van der Waals surface area contributed by atoms with Crippen molar-refractivity contribution in [3.05, 3.63) is 12.2 Å². The largest absolute Gasteiger partial charge is 0.393 e. The number of aliphatic hydroxyl groups is 2. The number of ketones is 1. The number of aliphatic hydroxyl groups excluding tert-OH is 2. The molecule has 2 N–H and O–H groups in total. The maximum Gasteiger partial charge on any atom is 0.132 e. The van der Waals surface area contributed by atoms with Crippen LogP contribution in [-0.4, -0.2) is 28.2 Å². The van der Waals surface area contributed by atoms with Gasteiger partial charge in [-0.05, 0) is 13.8 Å². The third-order valence-corrected chi connectivity index (χ3v) is 1.45. The van der Waals surface area contributed by atoms with Gasteiger partial charge >= 0.3 is 0 Å². The number of allylic oxidation sites excluding steroid dienone is 1. The third-order valence-electron chi connectivity index (χ3n) is 1.45. The molecule has 0 spiro atoms. The van der Waals surface area contributed by atoms with Crippen LogP contribution in [0.5, 0.6) is 0 Å². The molecule has 0 unspecified atom stereocenters. The van der Waals surface area contributed by atoms with E-state index in [9.17, 15) is 15.0 Å². The Morgan fingerprint density at radius 1 is 1.50 bits per heavy atom. The average Bonchev–Trinajstić information content (AvgIpc) is 1.84. The van der Waals surface area contributed by atoms with Gasteiger partial charge in [0.1, 0.15) is 5.78 Å². The Morgan fingerprint density at radius 2 is 2.08 bits per heavy atom. The van der Waals surface area contributed by atoms with Crippen LogP contribution in [0.4, 0.5) is 0 Å². The predicted octanol–water partition coefficient (Wildman–Crippen LogP) is 0.654. The summed E-state index contributed by atoms with van der Waals surface area (Å²) in [4.78, 5) is 10.5. The van der Waals surface area contributed by atoms with Gasteiger partial charge in [0.25, 0.3) is 0 Å². The molecule has 0 fully saturated rings. The van der Waals surface area contributed by atoms with Crippen LogP contribution in [0.3, 0.4) is 0 Å². The highest BCUT2D eigenvalue weighted by molar-refractivity contribution is 5.75. The van der Waals surface area contributed by atoms with Gasteiger partial charge in [-0.1, -0.05) is 12.2 Å². The molecule has 3 heteroatoms. The topological polar surface area (TPSA) is 57.5 Å². The van der Waals surface area contributed by atoms with Crippen LogP contribution in [0.2, 0.25) is 0 Å². The van der Waals surface area contributed by atoms with E-state index in [-0.39, 0.29) is 18.6 Å². The van der Waals surface area contributed by atoms with E-state index in [1.165, 1.54) is 6.92 Å². The van der Waals surface area contributed by atoms with E-state index in [2.05, 4.69) is 0 Å². The summed E-state index contributed by atoms with van der Waals surface area (Å²) in [6.45, 7) is 3.21. The van der Waals surface area contributed by atoms with Crippen molar-refractivity contribution in [1.29, 1.82) is 0 Å². The second kappa shape index (κ2) is 5.91. The van der Waals surface area contributed by atoms with Gasteiger partial charge in [-0.15, -0.1) is 0 Å². The predicted molar refractivity (Wildman–Crippen MR) is 46.7 cm³/mol. The molecule has 0 aliphatic heterocycles. The van der Waals surface area contributed by atoms with E-state index in [1.807, 2.05) is 0 Å². The molecule has 3 nitrogen and oxygen atoms in total. The number of hydrogen-bond donors (Lipinski definition) is 2. The van der Waals surface area contributed by atoms with Gasteiger partial charge in [-0.3, -0.25) is 4.79 Å². The molecule has 70 valence electrons. The molecule has 12 heavy (non-hydrogen) atoms. The fourth-order valence-corrected chi connectivity index (χ4v) is 0.995. The van der Waals surface area contributed by atoms with Gasteiger partial charge in [-0.2, -0.15) is 0 Å². The van der Waals surface area contributed by atoms with Crippen LogP contribution < -0.4 is 0 Å². The lowest BCUT2D eigenvalue weighted by Gasteiger charge is -2.10. The van der Waals surface area contributed by atoms with Crippen molar-refractivity contribution in [2.45, 2.75) is 38.9 Å². The van der Waals surface area contributed by atoms with Gasteiger partial charge in [0.15, 0.2) is 0 Å². The molecule has 0 aliphatic rings. The summed E-state index contributed by atoms with van der Waals surface area (Å²) in [5.74, 6) is -0.0600. The zero-order chi connectivity index (χ0) is 9.56. The standard InChI is InChI=1S/C9H16O3/c1-3-4-8(11)6-9(12)5-7(2)10/h3-4,8-9,11-12H,5-6H2,1-2H3/b4-3+/t8-,9+/m1/s1. The Labute approximate surface area is 72.7 Å². The lowest BCUT2D eigenvalue weighted by molar-refractivity contribution is -0.119. The normalized spacial score (nSPS) is 16.3. The van der Waals surface area contributed by atoms with E-state index >= 15 is 0 Å². The Morgan fingerprint density at radius 3 is 2.50 bits per heavy atom. The summed E-state index contributed by atoms with van der Waals surface area (Å²) in [6.07, 6.45) is 2.27. The van der Waals surface area contributed by atoms with E-state index in [1.54, 1.807) is 19.1 Å². The van der Waals surface area contributed by atoms with Gasteiger partial charge in [0.05, 0.1) is 12.2 Å². The first-order valence-electron chi connectivity index (χ1n) is 4.04. The lowest BCUT2D eigenvalue weighted by Crippen LogP contribution is -2.18. The highest BCUT2D eigenvalue weighted by Gasteiger charge is 2.10. The molecule has 0 saturated heterocycles. The summed E-state index contributed by atoms with van der Waals surface area (Å²) in [5, 5.41) is 18.4. The minimum Gasteiger partial charge on any atom is -0.393 e. The SMILES string of the molecule is C/C=C/[C@@H](O)C[C@@H](O)CC(C)=O. The van der Waals surface area contributed by atoms with Gasteiger partial charge in [-0.25, -0.2) is 0 Å². The molecule has 0 rings (SSSR count). The monoisotopic (exact) mass is 172 g/mol. The summed E-state index contributed by atoms with van der Waals surface area (Å²) in [7, 11) is 0. The maximum atomic E-state index is 10.5. The van der Waals surface area contributed by atoms with Crippen molar-refractivity contribution < 1.29 is 15.0 Å². The number of Topliss-reactive ketones (excluding diaryl/α,β-unsaturated/α-hetero) is 1. The molecule has 0 radical (unpaired) electrons. The lowest BCUT2D eigenvalue weighted by atomic mass is 10.1. The Bertz CT molecular complexity index is 163. The van der Waals surface area contributed by atoms with E-state index in [0.717, 1.165) is 0 Å². The van der Waals surface area contributed by atoms with Crippen LogP contribution in [0.25, 0.3) is 0 Å². The summed E-state index contributed by atoms with van der Waals surface area (Å²) >= 11 is 0. The molecule has 0 heterocycles. The molecular weight excluding hydrogens is 156 g/mol. The Hall–Kier alpha value is -0.670. The molecule has 0 amide bonds. The van der Waals surface area contributed by atoms with E-state index in [4.69, 9.17) is 0 Å². The van der Waals surface area contributed by atoms with Crippen LogP contribution >= 0.6 is 0 Å². The first-order chi connectivity index (χ1) is 5.56. The zero-order valence-corrected chi connectivity index (χ0v) is 7.53. The Kier molecular flexibility index (Phi) is 5.58. The van der Waals surface area contributed by atoms with Crippen LogP contribution in [-0.2, 0) is 4.79 Å². The highest BCUT2D eigenvalue weighted by Crippen LogP contribution is 2.04. The molecule has 0 saturated carbocycles. The molecular formula is C9H16O3.